The number of aromatic nitrogens is 3. The summed E-state index contributed by atoms with van der Waals surface area (Å²) in [7, 11) is 0. The Morgan fingerprint density at radius 3 is 2.20 bits per heavy atom. The van der Waals surface area contributed by atoms with Gasteiger partial charge in [0, 0.05) is 10.8 Å². The summed E-state index contributed by atoms with van der Waals surface area (Å²) in [5, 5.41) is 13.5. The van der Waals surface area contributed by atoms with Crippen LogP contribution in [0.2, 0.25) is 0 Å². The van der Waals surface area contributed by atoms with Crippen LogP contribution >= 0.6 is 0 Å². The van der Waals surface area contributed by atoms with Crippen molar-refractivity contribution < 1.29 is 0 Å². The standard InChI is InChI=1S/C17H13N3/c1-2-11-20-17-15-10-6-4-8-13(15)12-7-3-5-9-14(12)16(17)18-19-20/h2-10H,1,11H2. The maximum Gasteiger partial charge on any atom is 0.121 e. The maximum absolute atomic E-state index is 4.38. The molecule has 4 rings (SSSR count). The van der Waals surface area contributed by atoms with E-state index in [2.05, 4.69) is 59.4 Å². The third-order valence-electron chi connectivity index (χ3n) is 3.69. The van der Waals surface area contributed by atoms with Crippen molar-refractivity contribution in [3.05, 3.63) is 61.2 Å². The van der Waals surface area contributed by atoms with Gasteiger partial charge >= 0.3 is 0 Å². The topological polar surface area (TPSA) is 30.7 Å². The van der Waals surface area contributed by atoms with E-state index in [0.29, 0.717) is 6.54 Å². The molecule has 3 nitrogen and oxygen atoms in total. The summed E-state index contributed by atoms with van der Waals surface area (Å²) in [5.41, 5.74) is 2.04. The average Bonchev–Trinajstić information content (AvgIpc) is 2.92. The molecule has 0 N–H and O–H groups in total. The largest absolute Gasteiger partial charge is 0.240 e. The lowest BCUT2D eigenvalue weighted by atomic mass is 10.00. The van der Waals surface area contributed by atoms with Crippen LogP contribution in [-0.4, -0.2) is 15.0 Å². The van der Waals surface area contributed by atoms with Crippen molar-refractivity contribution in [2.75, 3.05) is 0 Å². The lowest BCUT2D eigenvalue weighted by Crippen LogP contribution is -1.97. The molecule has 0 saturated carbocycles. The summed E-state index contributed by atoms with van der Waals surface area (Å²) in [5.74, 6) is 0. The fourth-order valence-corrected chi connectivity index (χ4v) is 2.86. The molecule has 0 spiro atoms. The highest BCUT2D eigenvalue weighted by molar-refractivity contribution is 6.23. The van der Waals surface area contributed by atoms with Gasteiger partial charge < -0.3 is 0 Å². The third-order valence-corrected chi connectivity index (χ3v) is 3.69. The van der Waals surface area contributed by atoms with Crippen LogP contribution in [0.5, 0.6) is 0 Å². The summed E-state index contributed by atoms with van der Waals surface area (Å²) in [6.07, 6.45) is 1.85. The number of hydrogen-bond donors (Lipinski definition) is 0. The molecule has 3 heteroatoms. The SMILES string of the molecule is C=CCn1nnc2c3ccccc3c3ccccc3c21. The molecule has 0 saturated heterocycles. The molecule has 1 heterocycles. The van der Waals surface area contributed by atoms with Crippen molar-refractivity contribution in [3.8, 4) is 0 Å². The number of hydrogen-bond acceptors (Lipinski definition) is 2. The van der Waals surface area contributed by atoms with Crippen LogP contribution in [0.15, 0.2) is 61.2 Å². The Bertz CT molecular complexity index is 950. The quantitative estimate of drug-likeness (QED) is 0.403. The van der Waals surface area contributed by atoms with Crippen LogP contribution in [0.3, 0.4) is 0 Å². The smallest absolute Gasteiger partial charge is 0.121 e. The highest BCUT2D eigenvalue weighted by Gasteiger charge is 2.13. The molecular formula is C17H13N3. The van der Waals surface area contributed by atoms with Crippen molar-refractivity contribution >= 4 is 32.6 Å². The average molecular weight is 259 g/mol. The van der Waals surface area contributed by atoms with Crippen LogP contribution in [0.4, 0.5) is 0 Å². The molecule has 3 aromatic carbocycles. The van der Waals surface area contributed by atoms with Crippen LogP contribution < -0.4 is 0 Å². The van der Waals surface area contributed by atoms with E-state index in [1.807, 2.05) is 16.8 Å². The number of rotatable bonds is 2. The van der Waals surface area contributed by atoms with Gasteiger partial charge in [0.25, 0.3) is 0 Å². The van der Waals surface area contributed by atoms with E-state index in [9.17, 15) is 0 Å². The van der Waals surface area contributed by atoms with Crippen molar-refractivity contribution in [2.24, 2.45) is 0 Å². The lowest BCUT2D eigenvalue weighted by molar-refractivity contribution is 0.684. The van der Waals surface area contributed by atoms with Crippen molar-refractivity contribution in [1.82, 2.24) is 15.0 Å². The molecule has 0 bridgehead atoms. The normalized spacial score (nSPS) is 11.4. The minimum Gasteiger partial charge on any atom is -0.240 e. The van der Waals surface area contributed by atoms with Gasteiger partial charge in [0.15, 0.2) is 0 Å². The zero-order chi connectivity index (χ0) is 13.5. The predicted molar refractivity (Wildman–Crippen MR) is 82.7 cm³/mol. The van der Waals surface area contributed by atoms with Crippen LogP contribution in [0, 0.1) is 0 Å². The van der Waals surface area contributed by atoms with E-state index in [4.69, 9.17) is 0 Å². The van der Waals surface area contributed by atoms with Gasteiger partial charge in [-0.2, -0.15) is 0 Å². The van der Waals surface area contributed by atoms with Crippen molar-refractivity contribution in [1.29, 1.82) is 0 Å². The molecule has 96 valence electrons. The van der Waals surface area contributed by atoms with E-state index in [1.54, 1.807) is 0 Å². The van der Waals surface area contributed by atoms with E-state index in [-0.39, 0.29) is 0 Å². The Morgan fingerprint density at radius 2 is 1.50 bits per heavy atom. The molecule has 4 aromatic rings. The first kappa shape index (κ1) is 11.2. The van der Waals surface area contributed by atoms with Gasteiger partial charge in [-0.25, -0.2) is 4.68 Å². The fraction of sp³-hybridized carbons (Fsp3) is 0.0588. The number of benzene rings is 3. The van der Waals surface area contributed by atoms with Crippen molar-refractivity contribution in [2.45, 2.75) is 6.54 Å². The van der Waals surface area contributed by atoms with Crippen LogP contribution in [0.25, 0.3) is 32.6 Å². The first-order chi connectivity index (χ1) is 9.90. The van der Waals surface area contributed by atoms with E-state index in [0.717, 1.165) is 16.4 Å². The first-order valence-electron chi connectivity index (χ1n) is 6.63. The van der Waals surface area contributed by atoms with Crippen molar-refractivity contribution in [3.63, 3.8) is 0 Å². The summed E-state index contributed by atoms with van der Waals surface area (Å²) in [6.45, 7) is 4.46. The maximum atomic E-state index is 4.38. The fourth-order valence-electron chi connectivity index (χ4n) is 2.86. The molecule has 0 aliphatic rings. The van der Waals surface area contributed by atoms with Gasteiger partial charge in [-0.3, -0.25) is 0 Å². The van der Waals surface area contributed by atoms with Gasteiger partial charge in [-0.15, -0.1) is 11.7 Å². The molecule has 20 heavy (non-hydrogen) atoms. The Hall–Kier alpha value is -2.68. The zero-order valence-corrected chi connectivity index (χ0v) is 11.0. The third kappa shape index (κ3) is 1.40. The summed E-state index contributed by atoms with van der Waals surface area (Å²) in [4.78, 5) is 0. The summed E-state index contributed by atoms with van der Waals surface area (Å²) >= 11 is 0. The van der Waals surface area contributed by atoms with Gasteiger partial charge in [0.05, 0.1) is 12.1 Å². The Kier molecular flexibility index (Phi) is 2.33. The Morgan fingerprint density at radius 1 is 0.900 bits per heavy atom. The zero-order valence-electron chi connectivity index (χ0n) is 11.0. The highest BCUT2D eigenvalue weighted by atomic mass is 15.4. The molecule has 0 atom stereocenters. The molecular weight excluding hydrogens is 246 g/mol. The van der Waals surface area contributed by atoms with Gasteiger partial charge in [-0.1, -0.05) is 59.8 Å². The predicted octanol–water partition coefficient (Wildman–Crippen LogP) is 3.92. The lowest BCUT2D eigenvalue weighted by Gasteiger charge is -2.07. The van der Waals surface area contributed by atoms with E-state index < -0.39 is 0 Å². The second-order valence-corrected chi connectivity index (χ2v) is 4.85. The second-order valence-electron chi connectivity index (χ2n) is 4.85. The number of allylic oxidation sites excluding steroid dienone is 1. The van der Waals surface area contributed by atoms with Gasteiger partial charge in [-0.05, 0) is 10.8 Å². The number of nitrogens with zero attached hydrogens (tertiary/aromatic N) is 3. The first-order valence-corrected chi connectivity index (χ1v) is 6.63. The summed E-state index contributed by atoms with van der Waals surface area (Å²) < 4.78 is 1.91. The molecule has 0 unspecified atom stereocenters. The Labute approximate surface area is 116 Å². The van der Waals surface area contributed by atoms with Crippen LogP contribution in [0.1, 0.15) is 0 Å². The molecule has 1 aromatic heterocycles. The number of fused-ring (bicyclic) bond motifs is 6. The molecule has 0 aliphatic carbocycles. The second kappa shape index (κ2) is 4.17. The van der Waals surface area contributed by atoms with Crippen LogP contribution in [-0.2, 0) is 6.54 Å². The minimum atomic E-state index is 0.666. The van der Waals surface area contributed by atoms with Gasteiger partial charge in [0.2, 0.25) is 0 Å². The van der Waals surface area contributed by atoms with E-state index >= 15 is 0 Å². The molecule has 0 aliphatic heterocycles. The Balaban J connectivity index is 2.34. The molecule has 0 fully saturated rings. The summed E-state index contributed by atoms with van der Waals surface area (Å²) in [6, 6.07) is 16.8. The molecule has 0 radical (unpaired) electrons. The highest BCUT2D eigenvalue weighted by Crippen LogP contribution is 2.33. The monoisotopic (exact) mass is 259 g/mol. The van der Waals surface area contributed by atoms with Gasteiger partial charge in [0.1, 0.15) is 5.52 Å². The minimum absolute atomic E-state index is 0.666. The molecule has 0 amide bonds. The van der Waals surface area contributed by atoms with E-state index in [1.165, 1.54) is 16.2 Å².